The summed E-state index contributed by atoms with van der Waals surface area (Å²) in [6.45, 7) is 2.19. The van der Waals surface area contributed by atoms with Gasteiger partial charge in [-0.25, -0.2) is 0 Å². The van der Waals surface area contributed by atoms with Gasteiger partial charge in [-0.3, -0.25) is 14.4 Å². The Labute approximate surface area is 75.0 Å². The molecule has 0 aliphatic heterocycles. The summed E-state index contributed by atoms with van der Waals surface area (Å²) in [7, 11) is -1.34. The number of carbonyl (C=O) groups excluding carboxylic acids is 2. The van der Waals surface area contributed by atoms with Crippen LogP contribution in [0.5, 0.6) is 0 Å². The summed E-state index contributed by atoms with van der Waals surface area (Å²) in [5.74, 6) is -2.62. The van der Waals surface area contributed by atoms with Gasteiger partial charge in [0.2, 0.25) is 0 Å². The molecular formula is C6H9BO6. The Bertz CT molecular complexity index is 187. The molecule has 0 aliphatic carbocycles. The van der Waals surface area contributed by atoms with Crippen LogP contribution in [-0.4, -0.2) is 30.1 Å². The Morgan fingerprint density at radius 3 is 1.77 bits per heavy atom. The van der Waals surface area contributed by atoms with Gasteiger partial charge in [-0.1, -0.05) is 0 Å². The highest BCUT2D eigenvalue weighted by Crippen LogP contribution is 1.98. The summed E-state index contributed by atoms with van der Waals surface area (Å²) >= 11 is 0. The van der Waals surface area contributed by atoms with Crippen molar-refractivity contribution in [3.63, 3.8) is 0 Å². The van der Waals surface area contributed by atoms with Crippen LogP contribution in [0.25, 0.3) is 0 Å². The maximum atomic E-state index is 10.4. The van der Waals surface area contributed by atoms with Gasteiger partial charge in [0, 0.05) is 13.8 Å². The van der Waals surface area contributed by atoms with Crippen LogP contribution in [0.4, 0.5) is 0 Å². The molecule has 0 rings (SSSR count). The lowest BCUT2D eigenvalue weighted by Gasteiger charge is -2.09. The summed E-state index contributed by atoms with van der Waals surface area (Å²) < 4.78 is 8.82. The number of carboxylic acid groups (broad SMARTS) is 1. The second kappa shape index (κ2) is 5.18. The molecule has 0 aromatic rings. The van der Waals surface area contributed by atoms with E-state index in [1.807, 2.05) is 0 Å². The highest BCUT2D eigenvalue weighted by molar-refractivity contribution is 6.52. The second-order valence-corrected chi connectivity index (χ2v) is 2.25. The largest absolute Gasteiger partial charge is 0.610 e. The third kappa shape index (κ3) is 6.86. The van der Waals surface area contributed by atoms with Gasteiger partial charge >= 0.3 is 13.1 Å². The fraction of sp³-hybridized carbons (Fsp3) is 0.500. The second-order valence-electron chi connectivity index (χ2n) is 2.25. The zero-order valence-electron chi connectivity index (χ0n) is 7.27. The van der Waals surface area contributed by atoms with Crippen LogP contribution in [0.3, 0.4) is 0 Å². The normalized spacial score (nSPS) is 8.77. The predicted molar refractivity (Wildman–Crippen MR) is 41.7 cm³/mol. The Hall–Kier alpha value is -1.53. The van der Waals surface area contributed by atoms with Crippen molar-refractivity contribution in [3.05, 3.63) is 0 Å². The maximum absolute atomic E-state index is 10.4. The first-order valence-electron chi connectivity index (χ1n) is 3.48. The van der Waals surface area contributed by atoms with Gasteiger partial charge in [-0.15, -0.1) is 0 Å². The molecule has 13 heavy (non-hydrogen) atoms. The van der Waals surface area contributed by atoms with Gasteiger partial charge in [0.1, 0.15) is 6.32 Å². The Morgan fingerprint density at radius 1 is 1.15 bits per heavy atom. The average Bonchev–Trinajstić information content (AvgIpc) is 1.80. The average molecular weight is 188 g/mol. The maximum Gasteiger partial charge on any atom is 0.610 e. The van der Waals surface area contributed by atoms with Gasteiger partial charge in [0.25, 0.3) is 11.9 Å². The SMILES string of the molecule is CC(=O)OB(CC(=O)O)OC(C)=O. The third-order valence-corrected chi connectivity index (χ3v) is 0.936. The summed E-state index contributed by atoms with van der Waals surface area (Å²) in [6.07, 6.45) is -0.556. The number of hydrogen-bond donors (Lipinski definition) is 1. The van der Waals surface area contributed by atoms with Crippen LogP contribution in [0, 0.1) is 0 Å². The van der Waals surface area contributed by atoms with Crippen molar-refractivity contribution >= 4 is 25.0 Å². The molecule has 0 fully saturated rings. The predicted octanol–water partition coefficient (Wildman–Crippen LogP) is -0.315. The lowest BCUT2D eigenvalue weighted by molar-refractivity contribution is -0.138. The molecular weight excluding hydrogens is 179 g/mol. The first-order chi connectivity index (χ1) is 5.91. The van der Waals surface area contributed by atoms with Gasteiger partial charge in [0.15, 0.2) is 0 Å². The molecule has 7 heteroatoms. The van der Waals surface area contributed by atoms with Gasteiger partial charge in [-0.2, -0.15) is 0 Å². The van der Waals surface area contributed by atoms with Gasteiger partial charge < -0.3 is 14.4 Å². The fourth-order valence-electron chi connectivity index (χ4n) is 0.620. The third-order valence-electron chi connectivity index (χ3n) is 0.936. The molecule has 0 unspecified atom stereocenters. The van der Waals surface area contributed by atoms with Crippen LogP contribution >= 0.6 is 0 Å². The van der Waals surface area contributed by atoms with E-state index in [1.165, 1.54) is 0 Å². The minimum atomic E-state index is -1.34. The molecule has 0 amide bonds. The highest BCUT2D eigenvalue weighted by atomic mass is 16.6. The van der Waals surface area contributed by atoms with E-state index in [0.29, 0.717) is 0 Å². The number of carboxylic acids is 1. The quantitative estimate of drug-likeness (QED) is 0.608. The lowest BCUT2D eigenvalue weighted by Crippen LogP contribution is -2.29. The van der Waals surface area contributed by atoms with Crippen LogP contribution in [0.15, 0.2) is 0 Å². The van der Waals surface area contributed by atoms with Crippen LogP contribution in [0.1, 0.15) is 13.8 Å². The highest BCUT2D eigenvalue weighted by Gasteiger charge is 2.28. The van der Waals surface area contributed by atoms with Crippen LogP contribution in [0.2, 0.25) is 6.32 Å². The molecule has 0 saturated carbocycles. The molecule has 0 aromatic heterocycles. The Morgan fingerprint density at radius 2 is 1.54 bits per heavy atom. The number of rotatable bonds is 4. The van der Waals surface area contributed by atoms with Crippen molar-refractivity contribution < 1.29 is 28.8 Å². The van der Waals surface area contributed by atoms with E-state index in [0.717, 1.165) is 13.8 Å². The fourth-order valence-corrected chi connectivity index (χ4v) is 0.620. The van der Waals surface area contributed by atoms with Crippen LogP contribution < -0.4 is 0 Å². The number of aliphatic carboxylic acids is 1. The van der Waals surface area contributed by atoms with E-state index < -0.39 is 31.3 Å². The molecule has 72 valence electrons. The molecule has 1 N–H and O–H groups in total. The van der Waals surface area contributed by atoms with Crippen LogP contribution in [-0.2, 0) is 23.7 Å². The zero-order chi connectivity index (χ0) is 10.4. The van der Waals surface area contributed by atoms with Crippen molar-refractivity contribution in [2.24, 2.45) is 0 Å². The zero-order valence-corrected chi connectivity index (χ0v) is 7.27. The van der Waals surface area contributed by atoms with E-state index in [-0.39, 0.29) is 0 Å². The molecule has 0 heterocycles. The van der Waals surface area contributed by atoms with E-state index in [4.69, 9.17) is 5.11 Å². The molecule has 0 aromatic carbocycles. The van der Waals surface area contributed by atoms with Gasteiger partial charge in [-0.05, 0) is 0 Å². The number of carbonyl (C=O) groups is 3. The minimum Gasteiger partial charge on any atom is -0.499 e. The van der Waals surface area contributed by atoms with E-state index in [9.17, 15) is 14.4 Å². The summed E-state index contributed by atoms with van der Waals surface area (Å²) in [5, 5.41) is 8.33. The standard InChI is InChI=1S/C6H9BO6/c1-4(8)12-7(3-6(10)11)13-5(2)9/h3H2,1-2H3,(H,10,11). The molecule has 0 bridgehead atoms. The van der Waals surface area contributed by atoms with Crippen molar-refractivity contribution in [3.8, 4) is 0 Å². The van der Waals surface area contributed by atoms with E-state index in [2.05, 4.69) is 9.31 Å². The Kier molecular flexibility index (Phi) is 4.57. The first-order valence-corrected chi connectivity index (χ1v) is 3.48. The molecule has 6 nitrogen and oxygen atoms in total. The smallest absolute Gasteiger partial charge is 0.499 e. The molecule has 0 spiro atoms. The summed E-state index contributed by atoms with van der Waals surface area (Å²) in [4.78, 5) is 31.0. The topological polar surface area (TPSA) is 89.9 Å². The van der Waals surface area contributed by atoms with Crippen molar-refractivity contribution in [2.45, 2.75) is 20.2 Å². The molecule has 0 atom stereocenters. The minimum absolute atomic E-state index is 0.556. The van der Waals surface area contributed by atoms with E-state index in [1.54, 1.807) is 0 Å². The van der Waals surface area contributed by atoms with E-state index >= 15 is 0 Å². The molecule has 0 radical (unpaired) electrons. The Balaban J connectivity index is 4.10. The molecule has 0 aliphatic rings. The van der Waals surface area contributed by atoms with Crippen molar-refractivity contribution in [1.29, 1.82) is 0 Å². The lowest BCUT2D eigenvalue weighted by atomic mass is 9.84. The molecule has 0 saturated heterocycles. The van der Waals surface area contributed by atoms with Crippen molar-refractivity contribution in [2.75, 3.05) is 0 Å². The summed E-state index contributed by atoms with van der Waals surface area (Å²) in [6, 6.07) is 0. The summed E-state index contributed by atoms with van der Waals surface area (Å²) in [5.41, 5.74) is 0. The first kappa shape index (κ1) is 11.5. The monoisotopic (exact) mass is 188 g/mol. The number of hydrogen-bond acceptors (Lipinski definition) is 5. The van der Waals surface area contributed by atoms with Gasteiger partial charge in [0.05, 0.1) is 0 Å². The van der Waals surface area contributed by atoms with Crippen molar-refractivity contribution in [1.82, 2.24) is 0 Å².